The summed E-state index contributed by atoms with van der Waals surface area (Å²) in [6, 6.07) is 0.198. The van der Waals surface area contributed by atoms with Crippen molar-refractivity contribution < 1.29 is 13.6 Å². The van der Waals surface area contributed by atoms with Gasteiger partial charge >= 0.3 is 0 Å². The Bertz CT molecular complexity index is 339. The molecule has 0 aromatic heterocycles. The third kappa shape index (κ3) is 3.48. The number of carbonyl (C=O) groups excluding carboxylic acids is 1. The van der Waals surface area contributed by atoms with Gasteiger partial charge in [-0.2, -0.15) is 0 Å². The van der Waals surface area contributed by atoms with Crippen molar-refractivity contribution >= 4 is 5.91 Å². The van der Waals surface area contributed by atoms with Crippen LogP contribution in [0.15, 0.2) is 0 Å². The van der Waals surface area contributed by atoms with Crippen LogP contribution >= 0.6 is 0 Å². The van der Waals surface area contributed by atoms with Crippen LogP contribution in [-0.4, -0.2) is 36.4 Å². The van der Waals surface area contributed by atoms with Gasteiger partial charge in [0, 0.05) is 31.8 Å². The molecule has 0 aliphatic heterocycles. The smallest absolute Gasteiger partial charge is 0.248 e. The molecule has 2 aliphatic rings. The van der Waals surface area contributed by atoms with Crippen LogP contribution in [-0.2, 0) is 4.79 Å². The third-order valence-corrected chi connectivity index (χ3v) is 5.08. The third-order valence-electron chi connectivity index (χ3n) is 5.08. The van der Waals surface area contributed by atoms with Gasteiger partial charge < -0.3 is 10.6 Å². The number of rotatable bonds is 3. The average molecular weight is 288 g/mol. The molecule has 2 saturated carbocycles. The summed E-state index contributed by atoms with van der Waals surface area (Å²) in [5, 5.41) is 0. The number of amides is 1. The molecule has 5 heteroatoms. The minimum Gasteiger partial charge on any atom is -0.342 e. The van der Waals surface area contributed by atoms with Crippen molar-refractivity contribution in [2.75, 3.05) is 13.6 Å². The first-order valence-corrected chi connectivity index (χ1v) is 7.79. The van der Waals surface area contributed by atoms with Gasteiger partial charge in [-0.15, -0.1) is 0 Å². The first-order chi connectivity index (χ1) is 9.44. The topological polar surface area (TPSA) is 46.3 Å². The van der Waals surface area contributed by atoms with Crippen molar-refractivity contribution in [3.05, 3.63) is 0 Å². The molecule has 0 aromatic carbocycles. The highest BCUT2D eigenvalue weighted by molar-refractivity contribution is 5.79. The first-order valence-electron chi connectivity index (χ1n) is 7.79. The second kappa shape index (κ2) is 6.37. The van der Waals surface area contributed by atoms with Crippen molar-refractivity contribution in [2.24, 2.45) is 17.6 Å². The maximum atomic E-state index is 13.2. The van der Waals surface area contributed by atoms with Crippen molar-refractivity contribution in [1.82, 2.24) is 4.90 Å². The van der Waals surface area contributed by atoms with Crippen molar-refractivity contribution in [3.8, 4) is 0 Å². The maximum absolute atomic E-state index is 13.2. The van der Waals surface area contributed by atoms with Gasteiger partial charge in [-0.25, -0.2) is 8.78 Å². The van der Waals surface area contributed by atoms with E-state index < -0.39 is 5.92 Å². The van der Waals surface area contributed by atoms with Gasteiger partial charge in [0.05, 0.1) is 0 Å². The molecule has 3 nitrogen and oxygen atoms in total. The van der Waals surface area contributed by atoms with Crippen LogP contribution in [0.2, 0.25) is 0 Å². The molecule has 2 rings (SSSR count). The van der Waals surface area contributed by atoms with Gasteiger partial charge in [-0.1, -0.05) is 12.8 Å². The van der Waals surface area contributed by atoms with Crippen LogP contribution < -0.4 is 5.73 Å². The van der Waals surface area contributed by atoms with Gasteiger partial charge in [0.1, 0.15) is 0 Å². The Labute approximate surface area is 119 Å². The molecule has 0 aromatic rings. The van der Waals surface area contributed by atoms with E-state index in [0.29, 0.717) is 25.3 Å². The van der Waals surface area contributed by atoms with E-state index in [0.717, 1.165) is 19.3 Å². The normalized spacial score (nSPS) is 31.0. The van der Waals surface area contributed by atoms with E-state index in [2.05, 4.69) is 0 Å². The molecule has 0 saturated heterocycles. The summed E-state index contributed by atoms with van der Waals surface area (Å²) in [5.74, 6) is -2.38. The number of hydrogen-bond donors (Lipinski definition) is 1. The molecule has 0 bridgehead atoms. The Morgan fingerprint density at radius 2 is 1.80 bits per heavy atom. The van der Waals surface area contributed by atoms with Crippen LogP contribution in [0.25, 0.3) is 0 Å². The van der Waals surface area contributed by atoms with E-state index >= 15 is 0 Å². The summed E-state index contributed by atoms with van der Waals surface area (Å²) in [5.41, 5.74) is 5.81. The van der Waals surface area contributed by atoms with E-state index in [1.54, 1.807) is 0 Å². The molecule has 20 heavy (non-hydrogen) atoms. The molecule has 0 heterocycles. The van der Waals surface area contributed by atoms with Crippen molar-refractivity contribution in [1.29, 1.82) is 0 Å². The van der Waals surface area contributed by atoms with E-state index in [4.69, 9.17) is 5.73 Å². The zero-order valence-electron chi connectivity index (χ0n) is 12.3. The lowest BCUT2D eigenvalue weighted by Gasteiger charge is -2.40. The Kier molecular flexibility index (Phi) is 4.99. The summed E-state index contributed by atoms with van der Waals surface area (Å²) < 4.78 is 26.3. The number of nitrogens with two attached hydrogens (primary N) is 1. The molecule has 2 atom stereocenters. The van der Waals surface area contributed by atoms with Crippen molar-refractivity contribution in [3.63, 3.8) is 0 Å². The van der Waals surface area contributed by atoms with E-state index in [9.17, 15) is 13.6 Å². The number of hydrogen-bond acceptors (Lipinski definition) is 2. The van der Waals surface area contributed by atoms with E-state index in [-0.39, 0.29) is 30.7 Å². The van der Waals surface area contributed by atoms with Crippen LogP contribution in [0.4, 0.5) is 8.78 Å². The highest BCUT2D eigenvalue weighted by atomic mass is 19.3. The Balaban J connectivity index is 1.94. The largest absolute Gasteiger partial charge is 0.342 e. The summed E-state index contributed by atoms with van der Waals surface area (Å²) in [6.45, 7) is 0.602. The molecule has 2 unspecified atom stereocenters. The second-order valence-electron chi connectivity index (χ2n) is 6.43. The number of alkyl halides is 2. The summed E-state index contributed by atoms with van der Waals surface area (Å²) in [7, 11) is 1.83. The Hall–Kier alpha value is -0.710. The number of nitrogens with zero attached hydrogens (tertiary/aromatic N) is 1. The molecule has 2 N–H and O–H groups in total. The summed E-state index contributed by atoms with van der Waals surface area (Å²) in [4.78, 5) is 14.3. The Morgan fingerprint density at radius 3 is 2.40 bits per heavy atom. The molecule has 0 radical (unpaired) electrons. The van der Waals surface area contributed by atoms with Gasteiger partial charge in [-0.3, -0.25) is 4.79 Å². The molecule has 116 valence electrons. The van der Waals surface area contributed by atoms with Crippen LogP contribution in [0.5, 0.6) is 0 Å². The highest BCUT2D eigenvalue weighted by Gasteiger charge is 2.40. The number of halogens is 2. The van der Waals surface area contributed by atoms with E-state index in [1.807, 2.05) is 11.9 Å². The molecule has 2 aliphatic carbocycles. The summed E-state index contributed by atoms with van der Waals surface area (Å²) >= 11 is 0. The fourth-order valence-corrected chi connectivity index (χ4v) is 3.71. The van der Waals surface area contributed by atoms with Gasteiger partial charge in [0.15, 0.2) is 0 Å². The van der Waals surface area contributed by atoms with Crippen LogP contribution in [0.3, 0.4) is 0 Å². The molecule has 2 fully saturated rings. The van der Waals surface area contributed by atoms with Gasteiger partial charge in [0.25, 0.3) is 0 Å². The van der Waals surface area contributed by atoms with Gasteiger partial charge in [-0.05, 0) is 38.1 Å². The highest BCUT2D eigenvalue weighted by Crippen LogP contribution is 2.37. The summed E-state index contributed by atoms with van der Waals surface area (Å²) in [6.07, 6.45) is 4.70. The SMILES string of the molecule is CN(C(=O)C1CCC(F)(F)CC1)C1CCCCC1CN. The average Bonchev–Trinajstić information content (AvgIpc) is 2.45. The fraction of sp³-hybridized carbons (Fsp3) is 0.933. The molecule has 1 amide bonds. The zero-order valence-corrected chi connectivity index (χ0v) is 12.3. The lowest BCUT2D eigenvalue weighted by Crippen LogP contribution is -2.48. The maximum Gasteiger partial charge on any atom is 0.248 e. The standard InChI is InChI=1S/C15H26F2N2O/c1-19(13-5-3-2-4-12(13)10-18)14(20)11-6-8-15(16,17)9-7-11/h11-13H,2-10,18H2,1H3. The minimum absolute atomic E-state index is 0.0471. The monoisotopic (exact) mass is 288 g/mol. The lowest BCUT2D eigenvalue weighted by molar-refractivity contribution is -0.142. The molecular formula is C15H26F2N2O. The van der Waals surface area contributed by atoms with Crippen molar-refractivity contribution in [2.45, 2.75) is 63.3 Å². The Morgan fingerprint density at radius 1 is 1.20 bits per heavy atom. The minimum atomic E-state index is -2.57. The van der Waals surface area contributed by atoms with Crippen LogP contribution in [0, 0.1) is 11.8 Å². The fourth-order valence-electron chi connectivity index (χ4n) is 3.71. The second-order valence-corrected chi connectivity index (χ2v) is 6.43. The molecule has 0 spiro atoms. The lowest BCUT2D eigenvalue weighted by atomic mass is 9.81. The quantitative estimate of drug-likeness (QED) is 0.868. The predicted molar refractivity (Wildman–Crippen MR) is 74.5 cm³/mol. The van der Waals surface area contributed by atoms with E-state index in [1.165, 1.54) is 6.42 Å². The number of carbonyl (C=O) groups is 1. The van der Waals surface area contributed by atoms with Gasteiger partial charge in [0.2, 0.25) is 11.8 Å². The molecular weight excluding hydrogens is 262 g/mol. The van der Waals surface area contributed by atoms with Crippen LogP contribution in [0.1, 0.15) is 51.4 Å². The zero-order chi connectivity index (χ0) is 14.8. The first kappa shape index (κ1) is 15.7. The predicted octanol–water partition coefficient (Wildman–Crippen LogP) is 2.79.